The summed E-state index contributed by atoms with van der Waals surface area (Å²) < 4.78 is 4.24. The Labute approximate surface area is 252 Å². The summed E-state index contributed by atoms with van der Waals surface area (Å²) in [6, 6.07) is 33.5. The van der Waals surface area contributed by atoms with Gasteiger partial charge < -0.3 is 0 Å². The molecule has 0 saturated heterocycles. The van der Waals surface area contributed by atoms with Crippen molar-refractivity contribution in [2.24, 2.45) is 4.40 Å². The number of hydrogen-bond donors (Lipinski definition) is 2. The predicted molar refractivity (Wildman–Crippen MR) is 169 cm³/mol. The molecule has 0 atom stereocenters. The van der Waals surface area contributed by atoms with Crippen molar-refractivity contribution < 1.29 is 0 Å². The third-order valence-corrected chi connectivity index (χ3v) is 7.55. The molecule has 1 aromatic heterocycles. The van der Waals surface area contributed by atoms with E-state index in [1.54, 1.807) is 18.2 Å². The fourth-order valence-corrected chi connectivity index (χ4v) is 5.63. The standard InChI is InChI=1S/C35H17N7S/c36-16-20-13-24(18-38)31(25(14-20)19-39)21-9-11-22(12-10-21)34-29-15-28(26-6-2-1-5-23(26)17-37)33(40)35(42-43)32(29)27-7-3-4-8-30(27)41-34/h1-15,40,43H. The van der Waals surface area contributed by atoms with Crippen molar-refractivity contribution in [3.05, 3.63) is 124 Å². The second kappa shape index (κ2) is 10.9. The molecule has 0 aliphatic heterocycles. The number of hydrogen-bond acceptors (Lipinski definition) is 8. The highest BCUT2D eigenvalue weighted by Crippen LogP contribution is 2.39. The molecule has 8 heteroatoms. The topological polar surface area (TPSA) is 144 Å². The van der Waals surface area contributed by atoms with E-state index in [0.717, 1.165) is 16.5 Å². The SMILES string of the molecule is N#Cc1cc(C#N)c(-c2ccc(-c3nc4ccccc4c4c3C=C(c3ccccc3C#N)C(=N)C4=NS)cc2)c(C#N)c1. The normalized spacial score (nSPS) is 12.9. The van der Waals surface area contributed by atoms with E-state index in [1.807, 2.05) is 66.7 Å². The molecular weight excluding hydrogens is 551 g/mol. The first-order chi connectivity index (χ1) is 21.0. The zero-order valence-electron chi connectivity index (χ0n) is 22.3. The summed E-state index contributed by atoms with van der Waals surface area (Å²) in [6.07, 6.45) is 1.88. The summed E-state index contributed by atoms with van der Waals surface area (Å²) in [7, 11) is 0. The molecule has 0 unspecified atom stereocenters. The van der Waals surface area contributed by atoms with Gasteiger partial charge in [-0.05, 0) is 48.7 Å². The molecule has 1 aliphatic rings. The van der Waals surface area contributed by atoms with Crippen LogP contribution in [0.15, 0.2) is 89.3 Å². The average molecular weight is 568 g/mol. The highest BCUT2D eigenvalue weighted by molar-refractivity contribution is 7.79. The molecule has 1 N–H and O–H groups in total. The van der Waals surface area contributed by atoms with Crippen LogP contribution in [-0.2, 0) is 0 Å². The van der Waals surface area contributed by atoms with Gasteiger partial charge in [0.05, 0.1) is 63.5 Å². The molecule has 5 aromatic rings. The van der Waals surface area contributed by atoms with Crippen LogP contribution in [0.4, 0.5) is 0 Å². The van der Waals surface area contributed by atoms with Crippen molar-refractivity contribution in [2.45, 2.75) is 0 Å². The Kier molecular flexibility index (Phi) is 6.83. The van der Waals surface area contributed by atoms with E-state index in [9.17, 15) is 21.0 Å². The number of benzene rings is 4. The minimum atomic E-state index is 0.150. The van der Waals surface area contributed by atoms with E-state index in [-0.39, 0.29) is 22.4 Å². The molecule has 0 radical (unpaired) electrons. The molecule has 1 aliphatic carbocycles. The molecule has 0 amide bonds. The second-order valence-electron chi connectivity index (χ2n) is 9.66. The van der Waals surface area contributed by atoms with Crippen LogP contribution in [0, 0.1) is 50.7 Å². The van der Waals surface area contributed by atoms with E-state index >= 15 is 0 Å². The van der Waals surface area contributed by atoms with Crippen LogP contribution in [0.25, 0.3) is 44.9 Å². The molecule has 4 aromatic carbocycles. The summed E-state index contributed by atoms with van der Waals surface area (Å²) in [5, 5.41) is 48.5. The van der Waals surface area contributed by atoms with Crippen molar-refractivity contribution in [2.75, 3.05) is 0 Å². The van der Waals surface area contributed by atoms with E-state index in [1.165, 1.54) is 12.1 Å². The summed E-state index contributed by atoms with van der Waals surface area (Å²) in [6.45, 7) is 0. The highest BCUT2D eigenvalue weighted by atomic mass is 32.1. The summed E-state index contributed by atoms with van der Waals surface area (Å²) >= 11 is 4.26. The Bertz CT molecular complexity index is 2220. The van der Waals surface area contributed by atoms with Crippen LogP contribution in [0.5, 0.6) is 0 Å². The molecule has 0 saturated carbocycles. The Morgan fingerprint density at radius 2 is 1.33 bits per heavy atom. The molecule has 6 rings (SSSR count). The number of para-hydroxylation sites is 1. The minimum absolute atomic E-state index is 0.150. The van der Waals surface area contributed by atoms with Crippen molar-refractivity contribution in [3.63, 3.8) is 0 Å². The Morgan fingerprint density at radius 3 is 1.98 bits per heavy atom. The van der Waals surface area contributed by atoms with Gasteiger partial charge in [0.2, 0.25) is 0 Å². The summed E-state index contributed by atoms with van der Waals surface area (Å²) in [5.74, 6) is 0. The maximum absolute atomic E-state index is 9.79. The van der Waals surface area contributed by atoms with Gasteiger partial charge in [-0.1, -0.05) is 60.7 Å². The number of nitrogens with one attached hydrogen (secondary N) is 1. The van der Waals surface area contributed by atoms with Crippen LogP contribution in [0.1, 0.15) is 38.9 Å². The first-order valence-corrected chi connectivity index (χ1v) is 13.4. The third-order valence-electron chi connectivity index (χ3n) is 7.35. The van der Waals surface area contributed by atoms with Crippen LogP contribution in [-0.4, -0.2) is 16.4 Å². The van der Waals surface area contributed by atoms with Crippen LogP contribution in [0.3, 0.4) is 0 Å². The predicted octanol–water partition coefficient (Wildman–Crippen LogP) is 7.26. The van der Waals surface area contributed by atoms with Crippen LogP contribution < -0.4 is 0 Å². The number of nitriles is 4. The number of aromatic nitrogens is 1. The molecule has 43 heavy (non-hydrogen) atoms. The third kappa shape index (κ3) is 4.42. The number of thiol groups is 1. The van der Waals surface area contributed by atoms with Gasteiger partial charge in [-0.15, -0.1) is 0 Å². The van der Waals surface area contributed by atoms with Crippen LogP contribution >= 0.6 is 12.8 Å². The number of fused-ring (bicyclic) bond motifs is 3. The number of allylic oxidation sites excluding steroid dienone is 1. The van der Waals surface area contributed by atoms with E-state index < -0.39 is 0 Å². The van der Waals surface area contributed by atoms with Crippen molar-refractivity contribution in [1.82, 2.24) is 4.98 Å². The zero-order chi connectivity index (χ0) is 30.1. The quantitative estimate of drug-likeness (QED) is 0.220. The van der Waals surface area contributed by atoms with Gasteiger partial charge in [0.25, 0.3) is 0 Å². The van der Waals surface area contributed by atoms with E-state index in [2.05, 4.69) is 35.4 Å². The Hall–Kier alpha value is -6.32. The van der Waals surface area contributed by atoms with Crippen molar-refractivity contribution in [1.29, 1.82) is 26.5 Å². The smallest absolute Gasteiger partial charge is 0.105 e. The molecule has 0 bridgehead atoms. The summed E-state index contributed by atoms with van der Waals surface area (Å²) in [5.41, 5.74) is 7.46. The fraction of sp³-hybridized carbons (Fsp3) is 0. The van der Waals surface area contributed by atoms with Gasteiger partial charge in [0.15, 0.2) is 0 Å². The second-order valence-corrected chi connectivity index (χ2v) is 9.86. The fourth-order valence-electron chi connectivity index (χ4n) is 5.43. The Morgan fingerprint density at radius 1 is 0.698 bits per heavy atom. The van der Waals surface area contributed by atoms with E-state index in [0.29, 0.717) is 50.3 Å². The lowest BCUT2D eigenvalue weighted by molar-refractivity contribution is 1.37. The molecule has 7 nitrogen and oxygen atoms in total. The van der Waals surface area contributed by atoms with Gasteiger partial charge >= 0.3 is 0 Å². The molecule has 1 heterocycles. The minimum Gasteiger partial charge on any atom is -0.298 e. The monoisotopic (exact) mass is 567 g/mol. The first-order valence-electron chi connectivity index (χ1n) is 13.0. The number of nitrogens with zero attached hydrogens (tertiary/aromatic N) is 6. The number of pyridine rings is 1. The average Bonchev–Trinajstić information content (AvgIpc) is 3.07. The molecular formula is C35H17N7S. The van der Waals surface area contributed by atoms with E-state index in [4.69, 9.17) is 10.4 Å². The maximum atomic E-state index is 9.79. The van der Waals surface area contributed by atoms with Gasteiger partial charge in [0, 0.05) is 38.8 Å². The van der Waals surface area contributed by atoms with Gasteiger partial charge in [0.1, 0.15) is 5.71 Å². The van der Waals surface area contributed by atoms with Crippen LogP contribution in [0.2, 0.25) is 0 Å². The lowest BCUT2D eigenvalue weighted by Crippen LogP contribution is -2.22. The number of rotatable bonds is 3. The largest absolute Gasteiger partial charge is 0.298 e. The lowest BCUT2D eigenvalue weighted by Gasteiger charge is -2.24. The highest BCUT2D eigenvalue weighted by Gasteiger charge is 2.29. The molecule has 0 fully saturated rings. The Balaban J connectivity index is 1.61. The zero-order valence-corrected chi connectivity index (χ0v) is 23.2. The molecule has 198 valence electrons. The maximum Gasteiger partial charge on any atom is 0.105 e. The van der Waals surface area contributed by atoms with Crippen molar-refractivity contribution in [3.8, 4) is 46.7 Å². The molecule has 0 spiro atoms. The lowest BCUT2D eigenvalue weighted by atomic mass is 9.81. The van der Waals surface area contributed by atoms with Gasteiger partial charge in [-0.25, -0.2) is 9.38 Å². The van der Waals surface area contributed by atoms with Crippen molar-refractivity contribution >= 4 is 46.8 Å². The summed E-state index contributed by atoms with van der Waals surface area (Å²) in [4.78, 5) is 5.02. The van der Waals surface area contributed by atoms with Gasteiger partial charge in [-0.3, -0.25) is 5.41 Å². The first kappa shape index (κ1) is 26.9. The van der Waals surface area contributed by atoms with Gasteiger partial charge in [-0.2, -0.15) is 21.0 Å².